The number of aliphatic hydroxyl groups excluding tert-OH is 5. The van der Waals surface area contributed by atoms with E-state index in [1.807, 2.05) is 0 Å². The number of hydrogen-bond donors (Lipinski definition) is 6. The molecule has 0 bridgehead atoms. The largest absolute Gasteiger partial charge is 0.394 e. The van der Waals surface area contributed by atoms with Gasteiger partial charge in [-0.25, -0.2) is 0 Å². The van der Waals surface area contributed by atoms with Crippen LogP contribution in [0.25, 0.3) is 0 Å². The number of amides is 1. The Hall–Kier alpha value is -0.810. The molecule has 7 unspecified atom stereocenters. The zero-order valence-corrected chi connectivity index (χ0v) is 39.5. The SMILES string of the molecule is CCCCCCCCCCCCCCCCCCCCCCC(O)C(COC1OC(CO)C(O)C(O)C1O)NC(=O)CCCCCCCCCCCCCCCCCCC. The summed E-state index contributed by atoms with van der Waals surface area (Å²) in [5, 5.41) is 54.5. The summed E-state index contributed by atoms with van der Waals surface area (Å²) < 4.78 is 11.3. The van der Waals surface area contributed by atoms with Gasteiger partial charge >= 0.3 is 0 Å². The number of rotatable bonds is 45. The average Bonchev–Trinajstić information content (AvgIpc) is 3.25. The van der Waals surface area contributed by atoms with E-state index in [0.717, 1.165) is 38.5 Å². The van der Waals surface area contributed by atoms with Gasteiger partial charge in [-0.2, -0.15) is 0 Å². The molecule has 6 N–H and O–H groups in total. The normalized spacial score (nSPS) is 20.4. The monoisotopic (exact) mass is 856 g/mol. The first-order valence-corrected chi connectivity index (χ1v) is 26.2. The summed E-state index contributed by atoms with van der Waals surface area (Å²) in [6, 6.07) is -0.712. The minimum absolute atomic E-state index is 0.131. The molecular formula is C51H101NO8. The molecule has 0 saturated carbocycles. The Balaban J connectivity index is 2.25. The van der Waals surface area contributed by atoms with E-state index < -0.39 is 49.5 Å². The second-order valence-corrected chi connectivity index (χ2v) is 18.7. The van der Waals surface area contributed by atoms with Crippen LogP contribution in [0.15, 0.2) is 0 Å². The molecule has 1 amide bonds. The molecule has 7 atom stereocenters. The van der Waals surface area contributed by atoms with Gasteiger partial charge in [0.1, 0.15) is 24.4 Å². The molecule has 0 aromatic carbocycles. The molecule has 0 radical (unpaired) electrons. The van der Waals surface area contributed by atoms with Crippen LogP contribution in [0.3, 0.4) is 0 Å². The van der Waals surface area contributed by atoms with Gasteiger partial charge in [0.05, 0.1) is 25.4 Å². The zero-order chi connectivity index (χ0) is 43.7. The summed E-state index contributed by atoms with van der Waals surface area (Å²) >= 11 is 0. The lowest BCUT2D eigenvalue weighted by molar-refractivity contribution is -0.302. The highest BCUT2D eigenvalue weighted by Crippen LogP contribution is 2.23. The van der Waals surface area contributed by atoms with Crippen molar-refractivity contribution in [2.24, 2.45) is 0 Å². The van der Waals surface area contributed by atoms with Crippen molar-refractivity contribution in [3.63, 3.8) is 0 Å². The van der Waals surface area contributed by atoms with E-state index >= 15 is 0 Å². The van der Waals surface area contributed by atoms with E-state index in [9.17, 15) is 30.3 Å². The van der Waals surface area contributed by atoms with Crippen LogP contribution in [0, 0.1) is 0 Å². The third-order valence-corrected chi connectivity index (χ3v) is 13.0. The smallest absolute Gasteiger partial charge is 0.220 e. The Morgan fingerprint density at radius 3 is 1.18 bits per heavy atom. The molecule has 0 aromatic heterocycles. The molecule has 9 heteroatoms. The highest BCUT2D eigenvalue weighted by molar-refractivity contribution is 5.76. The number of carbonyl (C=O) groups is 1. The molecule has 1 saturated heterocycles. The van der Waals surface area contributed by atoms with Crippen LogP contribution >= 0.6 is 0 Å². The predicted molar refractivity (Wildman–Crippen MR) is 249 cm³/mol. The first-order chi connectivity index (χ1) is 29.3. The average molecular weight is 856 g/mol. The number of hydrogen-bond acceptors (Lipinski definition) is 8. The Labute approximate surface area is 370 Å². The number of carbonyl (C=O) groups excluding carboxylic acids is 1. The van der Waals surface area contributed by atoms with E-state index in [1.165, 1.54) is 199 Å². The van der Waals surface area contributed by atoms with Gasteiger partial charge in [-0.1, -0.05) is 245 Å². The summed E-state index contributed by atoms with van der Waals surface area (Å²) in [5.74, 6) is -0.138. The van der Waals surface area contributed by atoms with Crippen LogP contribution in [-0.4, -0.2) is 87.5 Å². The molecule has 9 nitrogen and oxygen atoms in total. The summed E-state index contributed by atoms with van der Waals surface area (Å²) in [7, 11) is 0. The minimum Gasteiger partial charge on any atom is -0.394 e. The molecule has 0 spiro atoms. The molecule has 60 heavy (non-hydrogen) atoms. The van der Waals surface area contributed by atoms with Crippen molar-refractivity contribution in [1.29, 1.82) is 0 Å². The van der Waals surface area contributed by atoms with Crippen molar-refractivity contribution in [3.8, 4) is 0 Å². The van der Waals surface area contributed by atoms with Crippen molar-refractivity contribution in [2.45, 2.75) is 307 Å². The van der Waals surface area contributed by atoms with Gasteiger partial charge in [0.25, 0.3) is 0 Å². The fourth-order valence-electron chi connectivity index (χ4n) is 8.75. The lowest BCUT2D eigenvalue weighted by Gasteiger charge is -2.40. The zero-order valence-electron chi connectivity index (χ0n) is 39.5. The van der Waals surface area contributed by atoms with E-state index in [2.05, 4.69) is 19.2 Å². The van der Waals surface area contributed by atoms with Gasteiger partial charge in [-0.15, -0.1) is 0 Å². The van der Waals surface area contributed by atoms with Crippen molar-refractivity contribution in [2.75, 3.05) is 13.2 Å². The number of nitrogens with one attached hydrogen (secondary N) is 1. The Kier molecular flexibility index (Phi) is 40.2. The van der Waals surface area contributed by atoms with Crippen molar-refractivity contribution in [1.82, 2.24) is 5.32 Å². The number of unbranched alkanes of at least 4 members (excludes halogenated alkanes) is 35. The van der Waals surface area contributed by atoms with Gasteiger partial charge in [0, 0.05) is 6.42 Å². The molecule has 0 aliphatic carbocycles. The van der Waals surface area contributed by atoms with Crippen molar-refractivity contribution < 1.29 is 39.8 Å². The molecular weight excluding hydrogens is 755 g/mol. The first kappa shape index (κ1) is 57.2. The maximum Gasteiger partial charge on any atom is 0.220 e. The third-order valence-electron chi connectivity index (χ3n) is 13.0. The van der Waals surface area contributed by atoms with Crippen molar-refractivity contribution in [3.05, 3.63) is 0 Å². The Morgan fingerprint density at radius 2 is 0.833 bits per heavy atom. The van der Waals surface area contributed by atoms with Crippen LogP contribution < -0.4 is 5.32 Å². The Morgan fingerprint density at radius 1 is 0.500 bits per heavy atom. The quantitative estimate of drug-likeness (QED) is 0.0332. The fourth-order valence-corrected chi connectivity index (χ4v) is 8.75. The molecule has 1 fully saturated rings. The fraction of sp³-hybridized carbons (Fsp3) is 0.980. The Bertz CT molecular complexity index is 908. The van der Waals surface area contributed by atoms with Gasteiger partial charge in [-0.3, -0.25) is 4.79 Å². The molecule has 1 aliphatic heterocycles. The van der Waals surface area contributed by atoms with Crippen LogP contribution in [-0.2, 0) is 14.3 Å². The molecule has 1 rings (SSSR count). The topological polar surface area (TPSA) is 149 Å². The van der Waals surface area contributed by atoms with E-state index in [0.29, 0.717) is 12.8 Å². The predicted octanol–water partition coefficient (Wildman–Crippen LogP) is 11.9. The highest BCUT2D eigenvalue weighted by atomic mass is 16.7. The summed E-state index contributed by atoms with van der Waals surface area (Å²) in [6.07, 6.45) is 41.1. The standard InChI is InChI=1S/C51H101NO8/c1-3-5-7-9-11-13-15-17-19-21-22-23-25-26-28-30-32-34-36-38-40-45(54)44(43-59-51-50(58)49(57)48(56)46(42-53)60-51)52-47(55)41-39-37-35-33-31-29-27-24-20-18-16-14-12-10-8-6-4-2/h44-46,48-51,53-54,56-58H,3-43H2,1-2H3,(H,52,55). The molecule has 0 aromatic rings. The molecule has 1 heterocycles. The number of ether oxygens (including phenoxy) is 2. The van der Waals surface area contributed by atoms with E-state index in [4.69, 9.17) is 9.47 Å². The maximum absolute atomic E-state index is 13.0. The van der Waals surface area contributed by atoms with Gasteiger partial charge in [0.15, 0.2) is 6.29 Å². The number of aliphatic hydroxyl groups is 5. The van der Waals surface area contributed by atoms with E-state index in [1.54, 1.807) is 0 Å². The summed E-state index contributed by atoms with van der Waals surface area (Å²) in [6.45, 7) is 3.87. The van der Waals surface area contributed by atoms with Crippen molar-refractivity contribution >= 4 is 5.91 Å². The van der Waals surface area contributed by atoms with Gasteiger partial charge in [-0.05, 0) is 12.8 Å². The molecule has 358 valence electrons. The van der Waals surface area contributed by atoms with Crippen LogP contribution in [0.2, 0.25) is 0 Å². The highest BCUT2D eigenvalue weighted by Gasteiger charge is 2.44. The molecule has 1 aliphatic rings. The van der Waals surface area contributed by atoms with Crippen LogP contribution in [0.4, 0.5) is 0 Å². The lowest BCUT2D eigenvalue weighted by atomic mass is 9.99. The maximum atomic E-state index is 13.0. The van der Waals surface area contributed by atoms with Crippen LogP contribution in [0.5, 0.6) is 0 Å². The minimum atomic E-state index is -1.55. The second-order valence-electron chi connectivity index (χ2n) is 18.7. The summed E-state index contributed by atoms with van der Waals surface area (Å²) in [5.41, 5.74) is 0. The van der Waals surface area contributed by atoms with Gasteiger partial charge < -0.3 is 40.3 Å². The lowest BCUT2D eigenvalue weighted by Crippen LogP contribution is -2.60. The first-order valence-electron chi connectivity index (χ1n) is 26.2. The summed E-state index contributed by atoms with van der Waals surface area (Å²) in [4.78, 5) is 13.0. The van der Waals surface area contributed by atoms with E-state index in [-0.39, 0.29) is 12.5 Å². The van der Waals surface area contributed by atoms with Gasteiger partial charge in [0.2, 0.25) is 5.91 Å². The van der Waals surface area contributed by atoms with Crippen LogP contribution in [0.1, 0.15) is 264 Å². The second kappa shape index (κ2) is 42.2. The third kappa shape index (κ3) is 31.9.